The second-order valence-electron chi connectivity index (χ2n) is 4.47. The predicted molar refractivity (Wildman–Crippen MR) is 72.5 cm³/mol. The van der Waals surface area contributed by atoms with Crippen molar-refractivity contribution in [2.75, 3.05) is 0 Å². The van der Waals surface area contributed by atoms with Crippen LogP contribution in [0.5, 0.6) is 0 Å². The number of hydrogen-bond acceptors (Lipinski definition) is 5. The number of aliphatic carboxylic acids is 1. The van der Waals surface area contributed by atoms with Crippen LogP contribution in [0, 0.1) is 0 Å². The van der Waals surface area contributed by atoms with E-state index in [1.807, 2.05) is 18.2 Å². The number of carbonyl (C=O) groups is 2. The number of carboxylic acid groups (broad SMARTS) is 1. The first-order valence-electron chi connectivity index (χ1n) is 6.23. The Hall–Kier alpha value is -2.67. The molecule has 0 unspecified atom stereocenters. The Bertz CT molecular complexity index is 636. The summed E-state index contributed by atoms with van der Waals surface area (Å²) < 4.78 is 5.05. The van der Waals surface area contributed by atoms with Crippen molar-refractivity contribution in [3.8, 4) is 11.3 Å². The number of nitrogens with one attached hydrogen (secondary N) is 1. The fourth-order valence-corrected chi connectivity index (χ4v) is 1.72. The molecule has 0 fully saturated rings. The maximum absolute atomic E-state index is 11.9. The third kappa shape index (κ3) is 3.46. The summed E-state index contributed by atoms with van der Waals surface area (Å²) >= 11 is 0. The minimum Gasteiger partial charge on any atom is -0.480 e. The van der Waals surface area contributed by atoms with Gasteiger partial charge in [-0.3, -0.25) is 4.79 Å². The monoisotopic (exact) mass is 290 g/mol. The number of nitrogens with zero attached hydrogens (tertiary/aromatic N) is 1. The van der Waals surface area contributed by atoms with E-state index in [2.05, 4.69) is 10.5 Å². The average molecular weight is 290 g/mol. The minimum atomic E-state index is -1.41. The van der Waals surface area contributed by atoms with Crippen LogP contribution in [0.3, 0.4) is 0 Å². The average Bonchev–Trinajstić information content (AvgIpc) is 2.94. The SMILES string of the molecule is C[C@@H](O)[C@H](NC(=O)c1cc(-c2ccccc2)on1)C(=O)O. The van der Waals surface area contributed by atoms with Gasteiger partial charge in [0, 0.05) is 11.6 Å². The molecule has 2 atom stereocenters. The van der Waals surface area contributed by atoms with Crippen molar-refractivity contribution < 1.29 is 24.3 Å². The maximum Gasteiger partial charge on any atom is 0.328 e. The topological polar surface area (TPSA) is 113 Å². The maximum atomic E-state index is 11.9. The summed E-state index contributed by atoms with van der Waals surface area (Å²) in [5, 5.41) is 24.0. The number of rotatable bonds is 5. The Labute approximate surface area is 120 Å². The Balaban J connectivity index is 2.14. The first-order chi connectivity index (χ1) is 9.99. The van der Waals surface area contributed by atoms with Gasteiger partial charge in [0.2, 0.25) is 0 Å². The lowest BCUT2D eigenvalue weighted by Crippen LogP contribution is -2.47. The molecule has 110 valence electrons. The van der Waals surface area contributed by atoms with E-state index in [1.165, 1.54) is 13.0 Å². The summed E-state index contributed by atoms with van der Waals surface area (Å²) in [6.45, 7) is 1.28. The third-order valence-corrected chi connectivity index (χ3v) is 2.84. The molecule has 1 amide bonds. The van der Waals surface area contributed by atoms with Gasteiger partial charge in [0.05, 0.1) is 6.10 Å². The highest BCUT2D eigenvalue weighted by atomic mass is 16.5. The zero-order valence-electron chi connectivity index (χ0n) is 11.2. The van der Waals surface area contributed by atoms with Crippen molar-refractivity contribution in [2.24, 2.45) is 0 Å². The van der Waals surface area contributed by atoms with Crippen LogP contribution >= 0.6 is 0 Å². The van der Waals surface area contributed by atoms with Crippen LogP contribution < -0.4 is 5.32 Å². The number of aliphatic hydroxyl groups is 1. The van der Waals surface area contributed by atoms with E-state index in [1.54, 1.807) is 12.1 Å². The summed E-state index contributed by atoms with van der Waals surface area (Å²) in [7, 11) is 0. The molecule has 21 heavy (non-hydrogen) atoms. The molecule has 7 nitrogen and oxygen atoms in total. The Morgan fingerprint density at radius 2 is 1.95 bits per heavy atom. The zero-order valence-corrected chi connectivity index (χ0v) is 11.2. The fraction of sp³-hybridized carbons (Fsp3) is 0.214. The fourth-order valence-electron chi connectivity index (χ4n) is 1.72. The smallest absolute Gasteiger partial charge is 0.328 e. The summed E-state index contributed by atoms with van der Waals surface area (Å²) in [6, 6.07) is 9.04. The molecule has 0 radical (unpaired) electrons. The largest absolute Gasteiger partial charge is 0.480 e. The van der Waals surface area contributed by atoms with Crippen LogP contribution in [0.25, 0.3) is 11.3 Å². The van der Waals surface area contributed by atoms with E-state index in [9.17, 15) is 14.7 Å². The standard InChI is InChI=1S/C14H14N2O5/c1-8(17)12(14(19)20)15-13(18)10-7-11(21-16-10)9-5-3-2-4-6-9/h2-8,12,17H,1H3,(H,15,18)(H,19,20)/t8-,12+/m1/s1. The second kappa shape index (κ2) is 6.19. The molecule has 2 rings (SSSR count). The van der Waals surface area contributed by atoms with E-state index in [-0.39, 0.29) is 5.69 Å². The second-order valence-corrected chi connectivity index (χ2v) is 4.47. The number of hydrogen-bond donors (Lipinski definition) is 3. The molecule has 0 aliphatic heterocycles. The molecule has 2 aromatic rings. The highest BCUT2D eigenvalue weighted by Gasteiger charge is 2.26. The van der Waals surface area contributed by atoms with Crippen molar-refractivity contribution in [3.63, 3.8) is 0 Å². The third-order valence-electron chi connectivity index (χ3n) is 2.84. The first-order valence-corrected chi connectivity index (χ1v) is 6.23. The van der Waals surface area contributed by atoms with Gasteiger partial charge in [0.25, 0.3) is 5.91 Å². The van der Waals surface area contributed by atoms with E-state index >= 15 is 0 Å². The number of carbonyl (C=O) groups excluding carboxylic acids is 1. The number of aliphatic hydroxyl groups excluding tert-OH is 1. The molecule has 0 saturated heterocycles. The normalized spacial score (nSPS) is 13.4. The van der Waals surface area contributed by atoms with Crippen LogP contribution in [0.15, 0.2) is 40.9 Å². The molecular formula is C14H14N2O5. The highest BCUT2D eigenvalue weighted by molar-refractivity contribution is 5.95. The van der Waals surface area contributed by atoms with E-state index in [0.29, 0.717) is 5.76 Å². The lowest BCUT2D eigenvalue weighted by atomic mass is 10.1. The van der Waals surface area contributed by atoms with Gasteiger partial charge >= 0.3 is 5.97 Å². The van der Waals surface area contributed by atoms with Crippen molar-refractivity contribution >= 4 is 11.9 Å². The number of aromatic nitrogens is 1. The number of benzene rings is 1. The highest BCUT2D eigenvalue weighted by Crippen LogP contribution is 2.19. The summed E-state index contributed by atoms with van der Waals surface area (Å²) in [6.07, 6.45) is -1.23. The molecule has 0 spiro atoms. The lowest BCUT2D eigenvalue weighted by Gasteiger charge is -2.15. The minimum absolute atomic E-state index is 0.0549. The molecule has 0 aliphatic carbocycles. The van der Waals surface area contributed by atoms with E-state index < -0.39 is 24.0 Å². The summed E-state index contributed by atoms with van der Waals surface area (Å²) in [5.74, 6) is -1.66. The van der Waals surface area contributed by atoms with Gasteiger partial charge in [-0.1, -0.05) is 35.5 Å². The molecule has 0 saturated carbocycles. The predicted octanol–water partition coefficient (Wildman–Crippen LogP) is 0.905. The molecule has 0 bridgehead atoms. The van der Waals surface area contributed by atoms with Crippen molar-refractivity contribution in [1.82, 2.24) is 10.5 Å². The molecule has 1 aromatic heterocycles. The molecule has 1 aromatic carbocycles. The Kier molecular flexibility index (Phi) is 4.34. The van der Waals surface area contributed by atoms with Gasteiger partial charge in [-0.15, -0.1) is 0 Å². The summed E-state index contributed by atoms with van der Waals surface area (Å²) in [4.78, 5) is 22.8. The number of carboxylic acids is 1. The van der Waals surface area contributed by atoms with Crippen LogP contribution in [-0.4, -0.2) is 39.4 Å². The molecule has 0 aliphatic rings. The molecular weight excluding hydrogens is 276 g/mol. The van der Waals surface area contributed by atoms with Crippen molar-refractivity contribution in [3.05, 3.63) is 42.1 Å². The van der Waals surface area contributed by atoms with Crippen LogP contribution in [0.1, 0.15) is 17.4 Å². The van der Waals surface area contributed by atoms with Gasteiger partial charge in [-0.05, 0) is 6.92 Å². The van der Waals surface area contributed by atoms with Gasteiger partial charge in [0.15, 0.2) is 17.5 Å². The molecule has 7 heteroatoms. The molecule has 3 N–H and O–H groups in total. The first kappa shape index (κ1) is 14.7. The van der Waals surface area contributed by atoms with Gasteiger partial charge < -0.3 is 20.1 Å². The molecule has 1 heterocycles. The quantitative estimate of drug-likeness (QED) is 0.754. The van der Waals surface area contributed by atoms with Gasteiger partial charge in [0.1, 0.15) is 0 Å². The zero-order chi connectivity index (χ0) is 15.4. The van der Waals surface area contributed by atoms with Crippen molar-refractivity contribution in [1.29, 1.82) is 0 Å². The van der Waals surface area contributed by atoms with E-state index in [4.69, 9.17) is 9.63 Å². The van der Waals surface area contributed by atoms with Crippen LogP contribution in [0.2, 0.25) is 0 Å². The van der Waals surface area contributed by atoms with Crippen LogP contribution in [0.4, 0.5) is 0 Å². The Morgan fingerprint density at radius 3 is 2.52 bits per heavy atom. The summed E-state index contributed by atoms with van der Waals surface area (Å²) in [5.41, 5.74) is 0.690. The van der Waals surface area contributed by atoms with Gasteiger partial charge in [-0.25, -0.2) is 4.79 Å². The van der Waals surface area contributed by atoms with Crippen molar-refractivity contribution in [2.45, 2.75) is 19.1 Å². The van der Waals surface area contributed by atoms with Gasteiger partial charge in [-0.2, -0.15) is 0 Å². The van der Waals surface area contributed by atoms with Crippen LogP contribution in [-0.2, 0) is 4.79 Å². The Morgan fingerprint density at radius 1 is 1.29 bits per heavy atom. The van der Waals surface area contributed by atoms with E-state index in [0.717, 1.165) is 5.56 Å². The number of amides is 1. The lowest BCUT2D eigenvalue weighted by molar-refractivity contribution is -0.141.